The molecule has 2 aliphatic heterocycles. The number of likely N-dealkylation sites (tertiary alicyclic amines) is 1. The predicted molar refractivity (Wildman–Crippen MR) is 134 cm³/mol. The molecule has 7 heteroatoms. The summed E-state index contributed by atoms with van der Waals surface area (Å²) in [4.78, 5) is 35.4. The van der Waals surface area contributed by atoms with Crippen LogP contribution in [0.25, 0.3) is 11.0 Å². The maximum atomic E-state index is 13.2. The van der Waals surface area contributed by atoms with Gasteiger partial charge in [0, 0.05) is 45.6 Å². The predicted octanol–water partition coefficient (Wildman–Crippen LogP) is 4.74. The van der Waals surface area contributed by atoms with Gasteiger partial charge in [0.05, 0.1) is 5.39 Å². The second kappa shape index (κ2) is 10.4. The zero-order valence-corrected chi connectivity index (χ0v) is 20.7. The first-order valence-electron chi connectivity index (χ1n) is 13.5. The Kier molecular flexibility index (Phi) is 7.16. The number of carbonyl (C=O) groups is 2. The monoisotopic (exact) mass is 465 g/mol. The molecule has 34 heavy (non-hydrogen) atoms. The molecule has 0 radical (unpaired) electrons. The lowest BCUT2D eigenvalue weighted by molar-refractivity contribution is -0.137. The van der Waals surface area contributed by atoms with E-state index < -0.39 is 0 Å². The van der Waals surface area contributed by atoms with Crippen LogP contribution in [0.3, 0.4) is 0 Å². The Morgan fingerprint density at radius 3 is 2.26 bits per heavy atom. The normalized spacial score (nSPS) is 21.1. The maximum Gasteiger partial charge on any atom is 0.225 e. The van der Waals surface area contributed by atoms with Gasteiger partial charge in [0.1, 0.15) is 11.5 Å². The van der Waals surface area contributed by atoms with Gasteiger partial charge in [-0.15, -0.1) is 0 Å². The first kappa shape index (κ1) is 23.3. The summed E-state index contributed by atoms with van der Waals surface area (Å²) in [5.41, 5.74) is 1.34. The standard InChI is InChI=1S/C27H39N5O2/c1-30-26-22(11-12-24(28-26)31-15-7-2-3-8-16-31)25(29-30)23(33)19-20-13-17-32(18-14-20)27(34)21-9-5-4-6-10-21/h11-12,20-21H,2-10,13-19H2,1H3. The topological polar surface area (TPSA) is 71.3 Å². The number of aryl methyl sites for hydroxylation is 1. The SMILES string of the molecule is Cn1nc(C(=O)CC2CCN(C(=O)C3CCCCC3)CC2)c2ccc(N3CCCCCC3)nc21. The number of hydrogen-bond donors (Lipinski definition) is 0. The fraction of sp³-hybridized carbons (Fsp3) is 0.704. The summed E-state index contributed by atoms with van der Waals surface area (Å²) in [6, 6.07) is 4.09. The molecule has 0 spiro atoms. The van der Waals surface area contributed by atoms with Crippen molar-refractivity contribution in [3.63, 3.8) is 0 Å². The van der Waals surface area contributed by atoms with Gasteiger partial charge >= 0.3 is 0 Å². The van der Waals surface area contributed by atoms with Crippen LogP contribution < -0.4 is 4.90 Å². The van der Waals surface area contributed by atoms with Crippen LogP contribution in [-0.2, 0) is 11.8 Å². The number of anilines is 1. The number of nitrogens with zero attached hydrogens (tertiary/aromatic N) is 5. The molecule has 1 aliphatic carbocycles. The van der Waals surface area contributed by atoms with E-state index in [0.717, 1.165) is 68.7 Å². The number of fused-ring (bicyclic) bond motifs is 1. The highest BCUT2D eigenvalue weighted by Crippen LogP contribution is 2.30. The summed E-state index contributed by atoms with van der Waals surface area (Å²) in [5.74, 6) is 2.01. The lowest BCUT2D eigenvalue weighted by Gasteiger charge is -2.35. The Morgan fingerprint density at radius 1 is 0.882 bits per heavy atom. The second-order valence-electron chi connectivity index (χ2n) is 10.6. The third-order valence-electron chi connectivity index (χ3n) is 8.22. The molecule has 2 aromatic rings. The summed E-state index contributed by atoms with van der Waals surface area (Å²) in [7, 11) is 1.88. The number of hydrogen-bond acceptors (Lipinski definition) is 5. The van der Waals surface area contributed by atoms with Gasteiger partial charge in [0.2, 0.25) is 5.91 Å². The smallest absolute Gasteiger partial charge is 0.225 e. The third kappa shape index (κ3) is 4.98. The number of carbonyl (C=O) groups excluding carboxylic acids is 2. The summed E-state index contributed by atoms with van der Waals surface area (Å²) >= 11 is 0. The van der Waals surface area contributed by atoms with Crippen LogP contribution in [-0.4, -0.2) is 57.5 Å². The molecule has 0 atom stereocenters. The summed E-state index contributed by atoms with van der Waals surface area (Å²) in [6.07, 6.45) is 13.1. The van der Waals surface area contributed by atoms with Crippen LogP contribution in [0.1, 0.15) is 87.5 Å². The molecule has 184 valence electrons. The highest BCUT2D eigenvalue weighted by molar-refractivity contribution is 6.05. The number of rotatable bonds is 5. The number of aromatic nitrogens is 3. The average molecular weight is 466 g/mol. The van der Waals surface area contributed by atoms with E-state index in [2.05, 4.69) is 21.0 Å². The zero-order valence-electron chi connectivity index (χ0n) is 20.7. The average Bonchev–Trinajstić information content (AvgIpc) is 3.03. The molecule has 1 amide bonds. The van der Waals surface area contributed by atoms with Gasteiger partial charge in [0.25, 0.3) is 0 Å². The molecule has 0 aromatic carbocycles. The summed E-state index contributed by atoms with van der Waals surface area (Å²) in [6.45, 7) is 3.67. The zero-order chi connectivity index (χ0) is 23.5. The molecule has 0 N–H and O–H groups in total. The molecule has 3 aliphatic rings. The molecule has 5 rings (SSSR count). The highest BCUT2D eigenvalue weighted by atomic mass is 16.2. The highest BCUT2D eigenvalue weighted by Gasteiger charge is 2.30. The lowest BCUT2D eigenvalue weighted by Crippen LogP contribution is -2.42. The van der Waals surface area contributed by atoms with Crippen LogP contribution in [0.15, 0.2) is 12.1 Å². The molecule has 3 fully saturated rings. The van der Waals surface area contributed by atoms with E-state index in [1.54, 1.807) is 4.68 Å². The fourth-order valence-electron chi connectivity index (χ4n) is 6.13. The van der Waals surface area contributed by atoms with Crippen molar-refractivity contribution in [2.24, 2.45) is 18.9 Å². The minimum absolute atomic E-state index is 0.104. The maximum absolute atomic E-state index is 13.2. The van der Waals surface area contributed by atoms with Crippen molar-refractivity contribution in [2.75, 3.05) is 31.1 Å². The van der Waals surface area contributed by atoms with E-state index in [-0.39, 0.29) is 11.7 Å². The van der Waals surface area contributed by atoms with Gasteiger partial charge in [-0.3, -0.25) is 9.59 Å². The van der Waals surface area contributed by atoms with Crippen molar-refractivity contribution in [1.82, 2.24) is 19.7 Å². The van der Waals surface area contributed by atoms with Crippen LogP contribution in [0.2, 0.25) is 0 Å². The van der Waals surface area contributed by atoms with Crippen molar-refractivity contribution in [3.05, 3.63) is 17.8 Å². The van der Waals surface area contributed by atoms with Crippen molar-refractivity contribution in [1.29, 1.82) is 0 Å². The van der Waals surface area contributed by atoms with E-state index >= 15 is 0 Å². The third-order valence-corrected chi connectivity index (χ3v) is 8.22. The second-order valence-corrected chi connectivity index (χ2v) is 10.6. The molecule has 0 bridgehead atoms. The Balaban J connectivity index is 1.21. The lowest BCUT2D eigenvalue weighted by atomic mass is 9.86. The minimum atomic E-state index is 0.104. The minimum Gasteiger partial charge on any atom is -0.357 e. The Labute approximate surface area is 202 Å². The Morgan fingerprint density at radius 2 is 1.56 bits per heavy atom. The van der Waals surface area contributed by atoms with E-state index in [9.17, 15) is 9.59 Å². The van der Waals surface area contributed by atoms with Gasteiger partial charge in [-0.1, -0.05) is 32.1 Å². The number of amides is 1. The quantitative estimate of drug-likeness (QED) is 0.597. The summed E-state index contributed by atoms with van der Waals surface area (Å²) in [5, 5.41) is 5.44. The molecule has 7 nitrogen and oxygen atoms in total. The first-order valence-corrected chi connectivity index (χ1v) is 13.5. The van der Waals surface area contributed by atoms with Crippen molar-refractivity contribution in [3.8, 4) is 0 Å². The largest absolute Gasteiger partial charge is 0.357 e. The van der Waals surface area contributed by atoms with E-state index in [4.69, 9.17) is 4.98 Å². The van der Waals surface area contributed by atoms with E-state index in [1.165, 1.54) is 44.9 Å². The van der Waals surface area contributed by atoms with Crippen molar-refractivity contribution >= 4 is 28.5 Å². The van der Waals surface area contributed by atoms with E-state index in [0.29, 0.717) is 23.9 Å². The van der Waals surface area contributed by atoms with E-state index in [1.807, 2.05) is 13.1 Å². The number of ketones is 1. The molecule has 0 unspecified atom stereocenters. The molecule has 2 saturated heterocycles. The van der Waals surface area contributed by atoms with Gasteiger partial charge in [-0.05, 0) is 56.6 Å². The van der Waals surface area contributed by atoms with Gasteiger partial charge in [-0.25, -0.2) is 9.67 Å². The Bertz CT molecular complexity index is 1010. The molecular weight excluding hydrogens is 426 g/mol. The van der Waals surface area contributed by atoms with Crippen molar-refractivity contribution < 1.29 is 9.59 Å². The molecular formula is C27H39N5O2. The van der Waals surface area contributed by atoms with Gasteiger partial charge in [-0.2, -0.15) is 5.10 Å². The van der Waals surface area contributed by atoms with Crippen LogP contribution >= 0.6 is 0 Å². The molecule has 4 heterocycles. The number of pyridine rings is 1. The van der Waals surface area contributed by atoms with Crippen LogP contribution in [0.4, 0.5) is 5.82 Å². The number of Topliss-reactive ketones (excluding diaryl/α,β-unsaturated/α-hetero) is 1. The van der Waals surface area contributed by atoms with Gasteiger partial charge in [0.15, 0.2) is 11.4 Å². The van der Waals surface area contributed by atoms with Crippen molar-refractivity contribution in [2.45, 2.75) is 77.0 Å². The molecule has 2 aromatic heterocycles. The first-order chi connectivity index (χ1) is 16.6. The summed E-state index contributed by atoms with van der Waals surface area (Å²) < 4.78 is 1.76. The number of piperidine rings is 1. The fourth-order valence-corrected chi connectivity index (χ4v) is 6.13. The van der Waals surface area contributed by atoms with Crippen LogP contribution in [0, 0.1) is 11.8 Å². The van der Waals surface area contributed by atoms with Gasteiger partial charge < -0.3 is 9.80 Å². The Hall–Kier alpha value is -2.44. The van der Waals surface area contributed by atoms with Crippen LogP contribution in [0.5, 0.6) is 0 Å². The molecule has 1 saturated carbocycles.